The third-order valence-electron chi connectivity index (χ3n) is 3.28. The minimum atomic E-state index is 0.322. The number of rotatable bonds is 5. The molecule has 1 aromatic carbocycles. The van der Waals surface area contributed by atoms with Gasteiger partial charge in [-0.25, -0.2) is 0 Å². The molecule has 98 valence electrons. The zero-order valence-corrected chi connectivity index (χ0v) is 10.8. The molecule has 2 rings (SSSR count). The van der Waals surface area contributed by atoms with E-state index in [4.69, 9.17) is 14.6 Å². The Morgan fingerprint density at radius 3 is 2.72 bits per heavy atom. The summed E-state index contributed by atoms with van der Waals surface area (Å²) >= 11 is 0. The SMILES string of the molecule is COc1ccc(CC=CO)cc1OC1CCCC1. The summed E-state index contributed by atoms with van der Waals surface area (Å²) in [5.74, 6) is 1.59. The molecule has 0 aliphatic heterocycles. The van der Waals surface area contributed by atoms with Crippen molar-refractivity contribution in [2.45, 2.75) is 38.2 Å². The van der Waals surface area contributed by atoms with Crippen molar-refractivity contribution in [1.29, 1.82) is 0 Å². The Bertz CT molecular complexity index is 406. The maximum absolute atomic E-state index is 8.69. The zero-order valence-electron chi connectivity index (χ0n) is 10.8. The van der Waals surface area contributed by atoms with Crippen molar-refractivity contribution < 1.29 is 14.6 Å². The number of methoxy groups -OCH3 is 1. The normalized spacial score (nSPS) is 16.3. The maximum Gasteiger partial charge on any atom is 0.161 e. The first-order valence-electron chi connectivity index (χ1n) is 6.46. The van der Waals surface area contributed by atoms with Gasteiger partial charge in [-0.2, -0.15) is 0 Å². The standard InChI is InChI=1S/C15H20O3/c1-17-14-9-8-12(5-4-10-16)11-15(14)18-13-6-2-3-7-13/h4,8-11,13,16H,2-3,5-7H2,1H3. The molecule has 1 fully saturated rings. The smallest absolute Gasteiger partial charge is 0.161 e. The quantitative estimate of drug-likeness (QED) is 0.809. The van der Waals surface area contributed by atoms with Crippen molar-refractivity contribution in [2.75, 3.05) is 7.11 Å². The minimum absolute atomic E-state index is 0.322. The Labute approximate surface area is 108 Å². The van der Waals surface area contributed by atoms with E-state index in [2.05, 4.69) is 0 Å². The highest BCUT2D eigenvalue weighted by atomic mass is 16.5. The molecule has 1 saturated carbocycles. The summed E-state index contributed by atoms with van der Waals surface area (Å²) in [6, 6.07) is 5.91. The van der Waals surface area contributed by atoms with E-state index in [1.54, 1.807) is 13.2 Å². The summed E-state index contributed by atoms with van der Waals surface area (Å²) in [5.41, 5.74) is 1.11. The molecule has 0 spiro atoms. The number of hydrogen-bond donors (Lipinski definition) is 1. The van der Waals surface area contributed by atoms with Crippen molar-refractivity contribution in [3.05, 3.63) is 36.1 Å². The summed E-state index contributed by atoms with van der Waals surface area (Å²) in [7, 11) is 1.66. The number of hydrogen-bond acceptors (Lipinski definition) is 3. The lowest BCUT2D eigenvalue weighted by Gasteiger charge is -2.16. The molecule has 18 heavy (non-hydrogen) atoms. The fourth-order valence-corrected chi connectivity index (χ4v) is 2.31. The second kappa shape index (κ2) is 6.34. The van der Waals surface area contributed by atoms with Crippen LogP contribution in [-0.4, -0.2) is 18.3 Å². The molecular weight excluding hydrogens is 228 g/mol. The van der Waals surface area contributed by atoms with E-state index in [1.165, 1.54) is 12.8 Å². The van der Waals surface area contributed by atoms with Gasteiger partial charge in [0.2, 0.25) is 0 Å². The largest absolute Gasteiger partial charge is 0.516 e. The minimum Gasteiger partial charge on any atom is -0.516 e. The summed E-state index contributed by atoms with van der Waals surface area (Å²) in [6.45, 7) is 0. The van der Waals surface area contributed by atoms with Crippen molar-refractivity contribution in [2.24, 2.45) is 0 Å². The van der Waals surface area contributed by atoms with Crippen molar-refractivity contribution in [1.82, 2.24) is 0 Å². The summed E-state index contributed by atoms with van der Waals surface area (Å²) in [4.78, 5) is 0. The zero-order chi connectivity index (χ0) is 12.8. The molecular formula is C15H20O3. The van der Waals surface area contributed by atoms with E-state index in [-0.39, 0.29) is 0 Å². The van der Waals surface area contributed by atoms with Crippen LogP contribution in [0.4, 0.5) is 0 Å². The molecule has 0 unspecified atom stereocenters. The van der Waals surface area contributed by atoms with E-state index in [1.807, 2.05) is 18.2 Å². The van der Waals surface area contributed by atoms with E-state index >= 15 is 0 Å². The van der Waals surface area contributed by atoms with Gasteiger partial charge in [0.05, 0.1) is 19.5 Å². The van der Waals surface area contributed by atoms with Gasteiger partial charge in [-0.1, -0.05) is 6.07 Å². The first-order chi connectivity index (χ1) is 8.83. The van der Waals surface area contributed by atoms with Gasteiger partial charge < -0.3 is 14.6 Å². The fourth-order valence-electron chi connectivity index (χ4n) is 2.31. The highest BCUT2D eigenvalue weighted by Gasteiger charge is 2.18. The molecule has 1 N–H and O–H groups in total. The molecule has 1 aromatic rings. The van der Waals surface area contributed by atoms with Crippen LogP contribution in [-0.2, 0) is 6.42 Å². The van der Waals surface area contributed by atoms with Gasteiger partial charge in [0.15, 0.2) is 11.5 Å². The molecule has 0 aromatic heterocycles. The monoisotopic (exact) mass is 248 g/mol. The Hall–Kier alpha value is -1.64. The van der Waals surface area contributed by atoms with Gasteiger partial charge in [-0.15, -0.1) is 0 Å². The summed E-state index contributed by atoms with van der Waals surface area (Å²) < 4.78 is 11.3. The number of aliphatic hydroxyl groups excluding tert-OH is 1. The van der Waals surface area contributed by atoms with Crippen LogP contribution in [0.1, 0.15) is 31.2 Å². The highest BCUT2D eigenvalue weighted by molar-refractivity contribution is 5.43. The summed E-state index contributed by atoms with van der Waals surface area (Å²) in [5, 5.41) is 8.69. The molecule has 0 amide bonds. The average Bonchev–Trinajstić information content (AvgIpc) is 2.89. The van der Waals surface area contributed by atoms with E-state index in [0.717, 1.165) is 36.2 Å². The second-order valence-electron chi connectivity index (χ2n) is 4.60. The van der Waals surface area contributed by atoms with Gasteiger partial charge in [-0.05, 0) is 55.9 Å². The number of benzene rings is 1. The van der Waals surface area contributed by atoms with Crippen LogP contribution in [0.2, 0.25) is 0 Å². The first kappa shape index (κ1) is 12.8. The fraction of sp³-hybridized carbons (Fsp3) is 0.467. The van der Waals surface area contributed by atoms with Crippen LogP contribution >= 0.6 is 0 Å². The van der Waals surface area contributed by atoms with E-state index in [0.29, 0.717) is 12.5 Å². The molecule has 0 atom stereocenters. The lowest BCUT2D eigenvalue weighted by atomic mass is 10.1. The Balaban J connectivity index is 2.13. The molecule has 0 radical (unpaired) electrons. The van der Waals surface area contributed by atoms with Gasteiger partial charge >= 0.3 is 0 Å². The van der Waals surface area contributed by atoms with Gasteiger partial charge in [0, 0.05) is 0 Å². The van der Waals surface area contributed by atoms with E-state index in [9.17, 15) is 0 Å². The number of aliphatic hydroxyl groups is 1. The van der Waals surface area contributed by atoms with E-state index < -0.39 is 0 Å². The third kappa shape index (κ3) is 3.19. The lowest BCUT2D eigenvalue weighted by molar-refractivity contribution is 0.200. The Morgan fingerprint density at radius 1 is 1.28 bits per heavy atom. The molecule has 1 aliphatic carbocycles. The van der Waals surface area contributed by atoms with Crippen molar-refractivity contribution >= 4 is 0 Å². The van der Waals surface area contributed by atoms with Gasteiger partial charge in [0.1, 0.15) is 0 Å². The Morgan fingerprint density at radius 2 is 2.06 bits per heavy atom. The predicted molar refractivity (Wildman–Crippen MR) is 71.4 cm³/mol. The number of allylic oxidation sites excluding steroid dienone is 1. The highest BCUT2D eigenvalue weighted by Crippen LogP contribution is 2.32. The van der Waals surface area contributed by atoms with Crippen molar-refractivity contribution in [3.8, 4) is 11.5 Å². The van der Waals surface area contributed by atoms with Crippen LogP contribution in [0.15, 0.2) is 30.5 Å². The summed E-state index contributed by atoms with van der Waals surface area (Å²) in [6.07, 6.45) is 8.56. The predicted octanol–water partition coefficient (Wildman–Crippen LogP) is 3.63. The van der Waals surface area contributed by atoms with Crippen LogP contribution in [0.25, 0.3) is 0 Å². The molecule has 3 nitrogen and oxygen atoms in total. The molecule has 0 heterocycles. The third-order valence-corrected chi connectivity index (χ3v) is 3.28. The molecule has 3 heteroatoms. The average molecular weight is 248 g/mol. The second-order valence-corrected chi connectivity index (χ2v) is 4.60. The van der Waals surface area contributed by atoms with Crippen LogP contribution < -0.4 is 9.47 Å². The van der Waals surface area contributed by atoms with Crippen molar-refractivity contribution in [3.63, 3.8) is 0 Å². The molecule has 0 bridgehead atoms. The first-order valence-corrected chi connectivity index (χ1v) is 6.46. The molecule has 1 aliphatic rings. The van der Waals surface area contributed by atoms with Crippen LogP contribution in [0, 0.1) is 0 Å². The number of ether oxygens (including phenoxy) is 2. The van der Waals surface area contributed by atoms with Gasteiger partial charge in [0.25, 0.3) is 0 Å². The van der Waals surface area contributed by atoms with Crippen LogP contribution in [0.3, 0.4) is 0 Å². The van der Waals surface area contributed by atoms with Crippen LogP contribution in [0.5, 0.6) is 11.5 Å². The topological polar surface area (TPSA) is 38.7 Å². The lowest BCUT2D eigenvalue weighted by Crippen LogP contribution is -2.11. The molecule has 0 saturated heterocycles. The maximum atomic E-state index is 8.69. The Kier molecular flexibility index (Phi) is 4.51. The van der Waals surface area contributed by atoms with Gasteiger partial charge in [-0.3, -0.25) is 0 Å².